The molecule has 0 amide bonds. The van der Waals surface area contributed by atoms with Crippen LogP contribution in [-0.2, 0) is 6.18 Å². The number of rotatable bonds is 6. The number of nitrogens with one attached hydrogen (secondary N) is 2. The maximum absolute atomic E-state index is 14.5. The quantitative estimate of drug-likeness (QED) is 0.163. The van der Waals surface area contributed by atoms with Gasteiger partial charge in [-0.15, -0.1) is 0 Å². The van der Waals surface area contributed by atoms with Gasteiger partial charge in [0.25, 0.3) is 0 Å². The molecule has 0 atom stereocenters. The summed E-state index contributed by atoms with van der Waals surface area (Å²) in [6.45, 7) is 1.94. The van der Waals surface area contributed by atoms with Crippen LogP contribution in [0.2, 0.25) is 5.02 Å². The molecule has 0 bridgehead atoms. The van der Waals surface area contributed by atoms with Crippen LogP contribution in [0.1, 0.15) is 16.7 Å². The van der Waals surface area contributed by atoms with Crippen molar-refractivity contribution >= 4 is 35.4 Å². The zero-order chi connectivity index (χ0) is 25.9. The van der Waals surface area contributed by atoms with Gasteiger partial charge in [-0.25, -0.2) is 14.2 Å². The minimum atomic E-state index is -4.91. The number of hydrogen-bond donors (Lipinski definition) is 2. The second-order valence-corrected chi connectivity index (χ2v) is 7.91. The molecule has 4 rings (SSSR count). The Morgan fingerprint density at radius 3 is 2.31 bits per heavy atom. The highest BCUT2D eigenvalue weighted by atomic mass is 35.5. The van der Waals surface area contributed by atoms with E-state index in [1.807, 2.05) is 31.2 Å². The van der Waals surface area contributed by atoms with Gasteiger partial charge < -0.3 is 5.32 Å². The monoisotopic (exact) mass is 518 g/mol. The molecular formula is C24H16ClF5N6. The van der Waals surface area contributed by atoms with Crippen LogP contribution in [-0.4, -0.2) is 21.2 Å². The molecule has 12 heteroatoms. The van der Waals surface area contributed by atoms with Crippen LogP contribution in [0.25, 0.3) is 11.4 Å². The van der Waals surface area contributed by atoms with Gasteiger partial charge >= 0.3 is 6.18 Å². The van der Waals surface area contributed by atoms with Gasteiger partial charge in [-0.05, 0) is 42.8 Å². The lowest BCUT2D eigenvalue weighted by Crippen LogP contribution is -2.10. The first-order valence-electron chi connectivity index (χ1n) is 10.3. The number of aryl methyl sites for hydroxylation is 1. The predicted octanol–water partition coefficient (Wildman–Crippen LogP) is 6.99. The first-order valence-corrected chi connectivity index (χ1v) is 10.7. The van der Waals surface area contributed by atoms with Crippen molar-refractivity contribution in [3.05, 3.63) is 94.0 Å². The lowest BCUT2D eigenvalue weighted by molar-refractivity contribution is -0.139. The van der Waals surface area contributed by atoms with E-state index in [1.54, 1.807) is 0 Å². The molecule has 2 N–H and O–H groups in total. The summed E-state index contributed by atoms with van der Waals surface area (Å²) < 4.78 is 67.6. The number of nitrogens with zero attached hydrogens (tertiary/aromatic N) is 4. The van der Waals surface area contributed by atoms with Gasteiger partial charge in [0.1, 0.15) is 11.6 Å². The average Bonchev–Trinajstić information content (AvgIpc) is 2.81. The number of aromatic nitrogens is 3. The highest BCUT2D eigenvalue weighted by molar-refractivity contribution is 6.33. The SMILES string of the molecule is Cc1ccc(/C=N/Nc2nc(Nc3ccc(F)c(C(F)(F)F)c3)nc(-c3c(F)cccc3Cl)n2)cc1. The molecule has 6 nitrogen and oxygen atoms in total. The first kappa shape index (κ1) is 25.0. The summed E-state index contributed by atoms with van der Waals surface area (Å²) in [4.78, 5) is 12.3. The molecule has 0 aliphatic rings. The van der Waals surface area contributed by atoms with Gasteiger partial charge in [0, 0.05) is 5.69 Å². The lowest BCUT2D eigenvalue weighted by Gasteiger charge is -2.12. The Labute approximate surface area is 206 Å². The van der Waals surface area contributed by atoms with Gasteiger partial charge in [0.05, 0.1) is 22.4 Å². The van der Waals surface area contributed by atoms with Crippen molar-refractivity contribution < 1.29 is 22.0 Å². The van der Waals surface area contributed by atoms with Crippen LogP contribution in [0.15, 0.2) is 65.8 Å². The first-order chi connectivity index (χ1) is 17.1. The Hall–Kier alpha value is -4.12. The van der Waals surface area contributed by atoms with E-state index in [0.29, 0.717) is 12.1 Å². The topological polar surface area (TPSA) is 75.1 Å². The van der Waals surface area contributed by atoms with Crippen molar-refractivity contribution in [3.8, 4) is 11.4 Å². The minimum Gasteiger partial charge on any atom is -0.324 e. The molecule has 1 heterocycles. The summed E-state index contributed by atoms with van der Waals surface area (Å²) >= 11 is 6.14. The third-order valence-electron chi connectivity index (χ3n) is 4.81. The Balaban J connectivity index is 1.71. The molecular weight excluding hydrogens is 503 g/mol. The fourth-order valence-corrected chi connectivity index (χ4v) is 3.32. The van der Waals surface area contributed by atoms with E-state index in [4.69, 9.17) is 11.6 Å². The van der Waals surface area contributed by atoms with E-state index < -0.39 is 23.4 Å². The van der Waals surface area contributed by atoms with E-state index in [2.05, 4.69) is 30.8 Å². The van der Waals surface area contributed by atoms with Crippen LogP contribution in [0, 0.1) is 18.6 Å². The maximum atomic E-state index is 14.5. The van der Waals surface area contributed by atoms with Gasteiger partial charge in [-0.1, -0.05) is 47.5 Å². The lowest BCUT2D eigenvalue weighted by atomic mass is 10.2. The van der Waals surface area contributed by atoms with Gasteiger partial charge in [0.2, 0.25) is 11.9 Å². The molecule has 3 aromatic carbocycles. The fourth-order valence-electron chi connectivity index (χ4n) is 3.07. The average molecular weight is 519 g/mol. The maximum Gasteiger partial charge on any atom is 0.419 e. The summed E-state index contributed by atoms with van der Waals surface area (Å²) in [5.74, 6) is -2.78. The van der Waals surface area contributed by atoms with Crippen molar-refractivity contribution in [1.29, 1.82) is 0 Å². The third-order valence-corrected chi connectivity index (χ3v) is 5.12. The molecule has 1 aromatic heterocycles. The van der Waals surface area contributed by atoms with Crippen molar-refractivity contribution in [2.75, 3.05) is 10.7 Å². The van der Waals surface area contributed by atoms with E-state index in [-0.39, 0.29) is 34.0 Å². The fraction of sp³-hybridized carbons (Fsp3) is 0.0833. The van der Waals surface area contributed by atoms with Crippen molar-refractivity contribution in [3.63, 3.8) is 0 Å². The molecule has 184 valence electrons. The Morgan fingerprint density at radius 1 is 0.889 bits per heavy atom. The normalized spacial score (nSPS) is 11.6. The van der Waals surface area contributed by atoms with Crippen LogP contribution >= 0.6 is 11.6 Å². The Kier molecular flexibility index (Phi) is 7.11. The molecule has 4 aromatic rings. The zero-order valence-corrected chi connectivity index (χ0v) is 19.2. The van der Waals surface area contributed by atoms with Crippen LogP contribution in [0.5, 0.6) is 0 Å². The number of alkyl halides is 3. The number of anilines is 3. The molecule has 0 aliphatic carbocycles. The smallest absolute Gasteiger partial charge is 0.324 e. The summed E-state index contributed by atoms with van der Waals surface area (Å²) in [6.07, 6.45) is -3.42. The summed E-state index contributed by atoms with van der Waals surface area (Å²) in [5.41, 5.74) is 2.64. The van der Waals surface area contributed by atoms with E-state index >= 15 is 0 Å². The van der Waals surface area contributed by atoms with E-state index in [1.165, 1.54) is 18.3 Å². The van der Waals surface area contributed by atoms with Crippen molar-refractivity contribution in [1.82, 2.24) is 15.0 Å². The van der Waals surface area contributed by atoms with Crippen molar-refractivity contribution in [2.24, 2.45) is 5.10 Å². The number of hydrazone groups is 1. The molecule has 0 fully saturated rings. The highest BCUT2D eigenvalue weighted by Crippen LogP contribution is 2.34. The molecule has 36 heavy (non-hydrogen) atoms. The van der Waals surface area contributed by atoms with Crippen LogP contribution in [0.3, 0.4) is 0 Å². The highest BCUT2D eigenvalue weighted by Gasteiger charge is 2.34. The molecule has 0 spiro atoms. The van der Waals surface area contributed by atoms with Gasteiger partial charge in [-0.2, -0.15) is 33.2 Å². The zero-order valence-electron chi connectivity index (χ0n) is 18.4. The third kappa shape index (κ3) is 5.92. The molecule has 0 saturated heterocycles. The molecule has 0 aliphatic heterocycles. The molecule has 0 unspecified atom stereocenters. The largest absolute Gasteiger partial charge is 0.419 e. The molecule has 0 saturated carbocycles. The van der Waals surface area contributed by atoms with Crippen LogP contribution in [0.4, 0.5) is 39.5 Å². The summed E-state index contributed by atoms with van der Waals surface area (Å²) in [7, 11) is 0. The Morgan fingerprint density at radius 2 is 1.61 bits per heavy atom. The predicted molar refractivity (Wildman–Crippen MR) is 127 cm³/mol. The standard InChI is InChI=1S/C24H16ClF5N6/c1-13-5-7-14(8-6-13)12-31-36-23-34-21(20-17(25)3-2-4-19(20)27)33-22(35-23)32-15-9-10-18(26)16(11-15)24(28,29)30/h2-12H,1H3,(H2,32,33,34,35,36)/b31-12+. The van der Waals surface area contributed by atoms with Gasteiger partial charge in [-0.3, -0.25) is 0 Å². The van der Waals surface area contributed by atoms with Crippen molar-refractivity contribution in [2.45, 2.75) is 13.1 Å². The number of benzene rings is 3. The minimum absolute atomic E-state index is 0.00222. The Bertz CT molecular complexity index is 1400. The second-order valence-electron chi connectivity index (χ2n) is 7.50. The summed E-state index contributed by atoms with van der Waals surface area (Å²) in [5, 5.41) is 6.61. The van der Waals surface area contributed by atoms with Gasteiger partial charge in [0.15, 0.2) is 5.82 Å². The summed E-state index contributed by atoms with van der Waals surface area (Å²) in [6, 6.07) is 13.7. The van der Waals surface area contributed by atoms with E-state index in [9.17, 15) is 22.0 Å². The van der Waals surface area contributed by atoms with Crippen LogP contribution < -0.4 is 10.7 Å². The molecule has 0 radical (unpaired) electrons. The van der Waals surface area contributed by atoms with E-state index in [0.717, 1.165) is 23.3 Å². The number of hydrogen-bond acceptors (Lipinski definition) is 6. The number of halogens is 6. The second kappa shape index (κ2) is 10.2.